The first kappa shape index (κ1) is 16.2. The summed E-state index contributed by atoms with van der Waals surface area (Å²) in [4.78, 5) is 0. The Labute approximate surface area is 135 Å². The summed E-state index contributed by atoms with van der Waals surface area (Å²) < 4.78 is 5.13. The summed E-state index contributed by atoms with van der Waals surface area (Å²) in [5, 5.41) is 11.6. The molecule has 0 spiro atoms. The summed E-state index contributed by atoms with van der Waals surface area (Å²) in [5.74, 6) is 0.808. The van der Waals surface area contributed by atoms with Gasteiger partial charge in [0.1, 0.15) is 5.75 Å². The van der Waals surface area contributed by atoms with E-state index in [0.29, 0.717) is 22.9 Å². The SMILES string of the molecule is COc1ccc(CC(C)(O)Cc2ccc(Cl)c(Cl)c2)cc1. The van der Waals surface area contributed by atoms with Crippen LogP contribution in [0.2, 0.25) is 10.0 Å². The summed E-state index contributed by atoms with van der Waals surface area (Å²) in [5.41, 5.74) is 1.16. The fraction of sp³-hybridized carbons (Fsp3) is 0.294. The Morgan fingerprint density at radius 2 is 1.52 bits per heavy atom. The summed E-state index contributed by atoms with van der Waals surface area (Å²) >= 11 is 11.9. The minimum absolute atomic E-state index is 0.509. The van der Waals surface area contributed by atoms with Crippen LogP contribution in [-0.2, 0) is 12.8 Å². The Morgan fingerprint density at radius 3 is 2.10 bits per heavy atom. The van der Waals surface area contributed by atoms with Crippen LogP contribution in [0.25, 0.3) is 0 Å². The minimum Gasteiger partial charge on any atom is -0.497 e. The van der Waals surface area contributed by atoms with Gasteiger partial charge in [-0.1, -0.05) is 41.4 Å². The van der Waals surface area contributed by atoms with E-state index in [2.05, 4.69) is 0 Å². The van der Waals surface area contributed by atoms with E-state index in [9.17, 15) is 5.11 Å². The van der Waals surface area contributed by atoms with Crippen molar-refractivity contribution in [1.82, 2.24) is 0 Å². The lowest BCUT2D eigenvalue weighted by molar-refractivity contribution is 0.0608. The second-order valence-corrected chi connectivity index (χ2v) is 6.26. The molecular weight excluding hydrogens is 307 g/mol. The number of methoxy groups -OCH3 is 1. The highest BCUT2D eigenvalue weighted by Crippen LogP contribution is 2.26. The van der Waals surface area contributed by atoms with Gasteiger partial charge in [0.05, 0.1) is 22.8 Å². The van der Waals surface area contributed by atoms with Gasteiger partial charge in [0.25, 0.3) is 0 Å². The number of rotatable bonds is 5. The predicted molar refractivity (Wildman–Crippen MR) is 87.5 cm³/mol. The third-order valence-electron chi connectivity index (χ3n) is 3.31. The molecule has 0 fully saturated rings. The molecule has 0 aliphatic carbocycles. The predicted octanol–water partition coefficient (Wildman–Crippen LogP) is 4.54. The average Bonchev–Trinajstić information content (AvgIpc) is 2.43. The Hall–Kier alpha value is -1.22. The lowest BCUT2D eigenvalue weighted by Crippen LogP contribution is -2.30. The number of ether oxygens (including phenoxy) is 1. The molecule has 0 aliphatic heterocycles. The van der Waals surface area contributed by atoms with Crippen molar-refractivity contribution in [3.05, 3.63) is 63.6 Å². The molecule has 0 aromatic heterocycles. The van der Waals surface area contributed by atoms with E-state index >= 15 is 0 Å². The van der Waals surface area contributed by atoms with Gasteiger partial charge in [-0.25, -0.2) is 0 Å². The van der Waals surface area contributed by atoms with Gasteiger partial charge in [-0.2, -0.15) is 0 Å². The van der Waals surface area contributed by atoms with Gasteiger partial charge in [-0.3, -0.25) is 0 Å². The third kappa shape index (κ3) is 4.63. The Kier molecular flexibility index (Phi) is 5.15. The van der Waals surface area contributed by atoms with Gasteiger partial charge in [0.2, 0.25) is 0 Å². The van der Waals surface area contributed by atoms with E-state index in [4.69, 9.17) is 27.9 Å². The Bertz CT molecular complexity index is 607. The monoisotopic (exact) mass is 324 g/mol. The molecule has 112 valence electrons. The normalized spacial score (nSPS) is 13.8. The minimum atomic E-state index is -0.855. The molecular formula is C17H18Cl2O2. The van der Waals surface area contributed by atoms with Gasteiger partial charge in [0.15, 0.2) is 0 Å². The van der Waals surface area contributed by atoms with Gasteiger partial charge < -0.3 is 9.84 Å². The van der Waals surface area contributed by atoms with Crippen molar-refractivity contribution in [2.75, 3.05) is 7.11 Å². The molecule has 21 heavy (non-hydrogen) atoms. The van der Waals surface area contributed by atoms with Crippen molar-refractivity contribution < 1.29 is 9.84 Å². The third-order valence-corrected chi connectivity index (χ3v) is 4.05. The highest BCUT2D eigenvalue weighted by molar-refractivity contribution is 6.42. The highest BCUT2D eigenvalue weighted by Gasteiger charge is 2.22. The van der Waals surface area contributed by atoms with E-state index in [0.717, 1.165) is 16.9 Å². The molecule has 0 heterocycles. The molecule has 1 N–H and O–H groups in total. The standard InChI is InChI=1S/C17H18Cl2O2/c1-17(20,10-12-3-6-14(21-2)7-4-12)11-13-5-8-15(18)16(19)9-13/h3-9,20H,10-11H2,1-2H3. The van der Waals surface area contributed by atoms with E-state index in [1.807, 2.05) is 37.3 Å². The van der Waals surface area contributed by atoms with Crippen LogP contribution in [0.15, 0.2) is 42.5 Å². The van der Waals surface area contributed by atoms with Crippen LogP contribution >= 0.6 is 23.2 Å². The highest BCUT2D eigenvalue weighted by atomic mass is 35.5. The zero-order valence-corrected chi connectivity index (χ0v) is 13.6. The summed E-state index contributed by atoms with van der Waals surface area (Å²) in [6, 6.07) is 13.1. The van der Waals surface area contributed by atoms with E-state index in [1.54, 1.807) is 19.2 Å². The van der Waals surface area contributed by atoms with Crippen LogP contribution in [0.1, 0.15) is 18.1 Å². The number of benzene rings is 2. The lowest BCUT2D eigenvalue weighted by Gasteiger charge is -2.24. The van der Waals surface area contributed by atoms with Gasteiger partial charge >= 0.3 is 0 Å². The van der Waals surface area contributed by atoms with Crippen molar-refractivity contribution in [3.8, 4) is 5.75 Å². The van der Waals surface area contributed by atoms with Crippen molar-refractivity contribution in [2.24, 2.45) is 0 Å². The summed E-state index contributed by atoms with van der Waals surface area (Å²) in [6.45, 7) is 1.82. The smallest absolute Gasteiger partial charge is 0.118 e. The van der Waals surface area contributed by atoms with Crippen LogP contribution in [0.3, 0.4) is 0 Å². The largest absolute Gasteiger partial charge is 0.497 e. The van der Waals surface area contributed by atoms with Crippen LogP contribution in [0.4, 0.5) is 0 Å². The Balaban J connectivity index is 2.07. The molecule has 0 bridgehead atoms. The zero-order valence-electron chi connectivity index (χ0n) is 12.1. The van der Waals surface area contributed by atoms with Crippen molar-refractivity contribution in [3.63, 3.8) is 0 Å². The van der Waals surface area contributed by atoms with Crippen molar-refractivity contribution in [1.29, 1.82) is 0 Å². The summed E-state index contributed by atoms with van der Waals surface area (Å²) in [6.07, 6.45) is 1.06. The molecule has 0 saturated heterocycles. The molecule has 1 atom stereocenters. The molecule has 4 heteroatoms. The Morgan fingerprint density at radius 1 is 0.952 bits per heavy atom. The van der Waals surface area contributed by atoms with Crippen molar-refractivity contribution >= 4 is 23.2 Å². The first-order chi connectivity index (χ1) is 9.89. The first-order valence-electron chi connectivity index (χ1n) is 6.69. The number of hydrogen-bond acceptors (Lipinski definition) is 2. The topological polar surface area (TPSA) is 29.5 Å². The van der Waals surface area contributed by atoms with Gasteiger partial charge in [-0.05, 0) is 42.3 Å². The molecule has 1 unspecified atom stereocenters. The second kappa shape index (κ2) is 6.69. The molecule has 2 nitrogen and oxygen atoms in total. The molecule has 0 aliphatic rings. The summed E-state index contributed by atoms with van der Waals surface area (Å²) in [7, 11) is 1.63. The lowest BCUT2D eigenvalue weighted by atomic mass is 9.90. The fourth-order valence-electron chi connectivity index (χ4n) is 2.33. The fourth-order valence-corrected chi connectivity index (χ4v) is 2.66. The quantitative estimate of drug-likeness (QED) is 0.875. The van der Waals surface area contributed by atoms with Crippen LogP contribution in [-0.4, -0.2) is 17.8 Å². The first-order valence-corrected chi connectivity index (χ1v) is 7.44. The maximum Gasteiger partial charge on any atom is 0.118 e. The molecule has 2 aromatic carbocycles. The molecule has 2 rings (SSSR count). The maximum atomic E-state index is 10.6. The molecule has 2 aromatic rings. The van der Waals surface area contributed by atoms with Crippen LogP contribution < -0.4 is 4.74 Å². The van der Waals surface area contributed by atoms with Crippen LogP contribution in [0, 0.1) is 0 Å². The van der Waals surface area contributed by atoms with Gasteiger partial charge in [-0.15, -0.1) is 0 Å². The van der Waals surface area contributed by atoms with E-state index < -0.39 is 5.60 Å². The van der Waals surface area contributed by atoms with Crippen molar-refractivity contribution in [2.45, 2.75) is 25.4 Å². The molecule has 0 radical (unpaired) electrons. The number of halogens is 2. The zero-order chi connectivity index (χ0) is 15.5. The van der Waals surface area contributed by atoms with Crippen LogP contribution in [0.5, 0.6) is 5.75 Å². The van der Waals surface area contributed by atoms with E-state index in [-0.39, 0.29) is 0 Å². The average molecular weight is 325 g/mol. The molecule has 0 amide bonds. The van der Waals surface area contributed by atoms with Gasteiger partial charge in [0, 0.05) is 12.8 Å². The maximum absolute atomic E-state index is 10.6. The van der Waals surface area contributed by atoms with E-state index in [1.165, 1.54) is 0 Å². The number of hydrogen-bond donors (Lipinski definition) is 1. The molecule has 0 saturated carbocycles. The number of aliphatic hydroxyl groups is 1. The second-order valence-electron chi connectivity index (χ2n) is 5.45.